The van der Waals surface area contributed by atoms with Gasteiger partial charge < -0.3 is 15.7 Å². The summed E-state index contributed by atoms with van der Waals surface area (Å²) in [5.74, 6) is -2.17. The molecule has 2 aromatic carbocycles. The molecule has 0 fully saturated rings. The minimum absolute atomic E-state index is 0.0668. The van der Waals surface area contributed by atoms with Gasteiger partial charge in [-0.05, 0) is 42.7 Å². The predicted molar refractivity (Wildman–Crippen MR) is 104 cm³/mol. The Labute approximate surface area is 162 Å². The van der Waals surface area contributed by atoms with Crippen LogP contribution in [0.25, 0.3) is 0 Å². The monoisotopic (exact) mass is 388 g/mol. The number of aromatic carboxylic acids is 1. The molecule has 6 nitrogen and oxygen atoms in total. The highest BCUT2D eigenvalue weighted by Crippen LogP contribution is 2.19. The van der Waals surface area contributed by atoms with Crippen molar-refractivity contribution in [3.05, 3.63) is 64.2 Å². The Hall–Kier alpha value is -2.86. The highest BCUT2D eigenvalue weighted by Gasteiger charge is 2.26. The molecule has 0 saturated heterocycles. The van der Waals surface area contributed by atoms with Crippen LogP contribution in [0, 0.1) is 12.8 Å². The van der Waals surface area contributed by atoms with Crippen molar-refractivity contribution in [2.75, 3.05) is 5.32 Å². The van der Waals surface area contributed by atoms with Crippen LogP contribution in [0.4, 0.5) is 5.69 Å². The second-order valence-electron chi connectivity index (χ2n) is 6.50. The molecule has 2 rings (SSSR count). The Kier molecular flexibility index (Phi) is 6.58. The van der Waals surface area contributed by atoms with Gasteiger partial charge in [-0.3, -0.25) is 9.59 Å². The van der Waals surface area contributed by atoms with E-state index in [1.54, 1.807) is 51.1 Å². The standard InChI is InChI=1S/C20H21ClN2O4/c1-11(2)17(23-18(24)14-6-4-5-7-15(14)21)19(25)22-16-10-13(20(26)27)9-8-12(16)3/h4-11,17H,1-3H3,(H,22,25)(H,23,24)(H,26,27). The fourth-order valence-electron chi connectivity index (χ4n) is 2.50. The third kappa shape index (κ3) is 5.08. The first-order chi connectivity index (χ1) is 12.7. The molecule has 0 aliphatic rings. The van der Waals surface area contributed by atoms with Crippen LogP contribution in [0.3, 0.4) is 0 Å². The molecule has 1 unspecified atom stereocenters. The van der Waals surface area contributed by atoms with E-state index in [1.165, 1.54) is 12.1 Å². The van der Waals surface area contributed by atoms with Gasteiger partial charge in [0.05, 0.1) is 16.1 Å². The molecule has 0 saturated carbocycles. The second-order valence-corrected chi connectivity index (χ2v) is 6.91. The van der Waals surface area contributed by atoms with Crippen molar-refractivity contribution in [2.24, 2.45) is 5.92 Å². The van der Waals surface area contributed by atoms with Gasteiger partial charge in [0, 0.05) is 5.69 Å². The van der Waals surface area contributed by atoms with Gasteiger partial charge in [-0.15, -0.1) is 0 Å². The molecule has 0 radical (unpaired) electrons. The number of amides is 2. The maximum atomic E-state index is 12.7. The summed E-state index contributed by atoms with van der Waals surface area (Å²) in [4.78, 5) is 36.4. The molecule has 0 heterocycles. The highest BCUT2D eigenvalue weighted by molar-refractivity contribution is 6.33. The largest absolute Gasteiger partial charge is 0.478 e. The summed E-state index contributed by atoms with van der Waals surface area (Å²) in [6.45, 7) is 5.36. The summed E-state index contributed by atoms with van der Waals surface area (Å²) in [5, 5.41) is 14.8. The highest BCUT2D eigenvalue weighted by atomic mass is 35.5. The third-order valence-electron chi connectivity index (χ3n) is 4.10. The lowest BCUT2D eigenvalue weighted by Crippen LogP contribution is -2.47. The van der Waals surface area contributed by atoms with Crippen LogP contribution in [0.2, 0.25) is 5.02 Å². The van der Waals surface area contributed by atoms with Gasteiger partial charge in [-0.2, -0.15) is 0 Å². The topological polar surface area (TPSA) is 95.5 Å². The summed E-state index contributed by atoms with van der Waals surface area (Å²) in [5.41, 5.74) is 1.45. The molecule has 1 atom stereocenters. The lowest BCUT2D eigenvalue weighted by molar-refractivity contribution is -0.118. The number of nitrogens with one attached hydrogen (secondary N) is 2. The number of hydrogen-bond donors (Lipinski definition) is 3. The Bertz CT molecular complexity index is 880. The van der Waals surface area contributed by atoms with E-state index in [0.29, 0.717) is 16.3 Å². The predicted octanol–water partition coefficient (Wildman–Crippen LogP) is 3.74. The third-order valence-corrected chi connectivity index (χ3v) is 4.43. The molecule has 27 heavy (non-hydrogen) atoms. The first-order valence-electron chi connectivity index (χ1n) is 8.41. The minimum Gasteiger partial charge on any atom is -0.478 e. The maximum Gasteiger partial charge on any atom is 0.335 e. The van der Waals surface area contributed by atoms with Gasteiger partial charge in [0.1, 0.15) is 6.04 Å². The van der Waals surface area contributed by atoms with Crippen LogP contribution in [0.5, 0.6) is 0 Å². The van der Waals surface area contributed by atoms with Crippen molar-refractivity contribution in [3.8, 4) is 0 Å². The molecule has 0 aliphatic heterocycles. The maximum absolute atomic E-state index is 12.7. The summed E-state index contributed by atoms with van der Waals surface area (Å²) < 4.78 is 0. The number of halogens is 1. The van der Waals surface area contributed by atoms with Crippen molar-refractivity contribution in [3.63, 3.8) is 0 Å². The number of carbonyl (C=O) groups is 3. The smallest absolute Gasteiger partial charge is 0.335 e. The lowest BCUT2D eigenvalue weighted by Gasteiger charge is -2.22. The van der Waals surface area contributed by atoms with E-state index in [9.17, 15) is 14.4 Å². The fraction of sp³-hybridized carbons (Fsp3) is 0.250. The van der Waals surface area contributed by atoms with E-state index in [2.05, 4.69) is 10.6 Å². The average Bonchev–Trinajstić information content (AvgIpc) is 2.61. The summed E-state index contributed by atoms with van der Waals surface area (Å²) >= 11 is 6.04. The number of benzene rings is 2. The summed E-state index contributed by atoms with van der Waals surface area (Å²) in [6.07, 6.45) is 0. The molecule has 0 spiro atoms. The van der Waals surface area contributed by atoms with E-state index in [4.69, 9.17) is 16.7 Å². The fourth-order valence-corrected chi connectivity index (χ4v) is 2.72. The normalized spacial score (nSPS) is 11.7. The van der Waals surface area contributed by atoms with Gasteiger partial charge in [0.15, 0.2) is 0 Å². The van der Waals surface area contributed by atoms with Gasteiger partial charge in [-0.25, -0.2) is 4.79 Å². The molecule has 142 valence electrons. The van der Waals surface area contributed by atoms with Crippen LogP contribution >= 0.6 is 11.6 Å². The van der Waals surface area contributed by atoms with Crippen molar-refractivity contribution in [1.82, 2.24) is 5.32 Å². The molecule has 2 aromatic rings. The number of carboxylic acid groups (broad SMARTS) is 1. The molecule has 0 aromatic heterocycles. The quantitative estimate of drug-likeness (QED) is 0.702. The van der Waals surface area contributed by atoms with Crippen LogP contribution in [-0.2, 0) is 4.79 Å². The van der Waals surface area contributed by atoms with Crippen LogP contribution in [0.1, 0.15) is 40.1 Å². The molecule has 3 N–H and O–H groups in total. The first-order valence-corrected chi connectivity index (χ1v) is 8.78. The number of carboxylic acids is 1. The number of hydrogen-bond acceptors (Lipinski definition) is 3. The Morgan fingerprint density at radius 1 is 1.07 bits per heavy atom. The Morgan fingerprint density at radius 2 is 1.74 bits per heavy atom. The lowest BCUT2D eigenvalue weighted by atomic mass is 10.0. The molecule has 7 heteroatoms. The SMILES string of the molecule is Cc1ccc(C(=O)O)cc1NC(=O)C(NC(=O)c1ccccc1Cl)C(C)C. The van der Waals surface area contributed by atoms with Crippen molar-refractivity contribution < 1.29 is 19.5 Å². The first kappa shape index (κ1) is 20.5. The zero-order chi connectivity index (χ0) is 20.1. The van der Waals surface area contributed by atoms with E-state index < -0.39 is 23.8 Å². The minimum atomic E-state index is -1.09. The van der Waals surface area contributed by atoms with Crippen LogP contribution in [-0.4, -0.2) is 28.9 Å². The van der Waals surface area contributed by atoms with Gasteiger partial charge in [0.25, 0.3) is 5.91 Å². The number of anilines is 1. The van der Waals surface area contributed by atoms with E-state index in [0.717, 1.165) is 0 Å². The zero-order valence-electron chi connectivity index (χ0n) is 15.2. The van der Waals surface area contributed by atoms with Crippen molar-refractivity contribution >= 4 is 35.1 Å². The summed E-state index contributed by atoms with van der Waals surface area (Å²) in [7, 11) is 0. The number of rotatable bonds is 6. The van der Waals surface area contributed by atoms with Crippen LogP contribution < -0.4 is 10.6 Å². The van der Waals surface area contributed by atoms with Crippen molar-refractivity contribution in [2.45, 2.75) is 26.8 Å². The molecule has 2 amide bonds. The Balaban J connectivity index is 2.21. The van der Waals surface area contributed by atoms with Gasteiger partial charge in [-0.1, -0.05) is 43.6 Å². The van der Waals surface area contributed by atoms with Crippen molar-refractivity contribution in [1.29, 1.82) is 0 Å². The van der Waals surface area contributed by atoms with Gasteiger partial charge >= 0.3 is 5.97 Å². The molecule has 0 bridgehead atoms. The molecular weight excluding hydrogens is 368 g/mol. The number of aryl methyl sites for hydroxylation is 1. The Morgan fingerprint density at radius 3 is 2.33 bits per heavy atom. The second kappa shape index (κ2) is 8.68. The molecular formula is C20H21ClN2O4. The van der Waals surface area contributed by atoms with E-state index >= 15 is 0 Å². The van der Waals surface area contributed by atoms with E-state index in [-0.39, 0.29) is 17.0 Å². The molecule has 0 aliphatic carbocycles. The zero-order valence-corrected chi connectivity index (χ0v) is 16.0. The van der Waals surface area contributed by atoms with E-state index in [1.807, 2.05) is 0 Å². The number of carbonyl (C=O) groups excluding carboxylic acids is 2. The van der Waals surface area contributed by atoms with Gasteiger partial charge in [0.2, 0.25) is 5.91 Å². The summed E-state index contributed by atoms with van der Waals surface area (Å²) in [6, 6.07) is 10.2. The average molecular weight is 389 g/mol. The van der Waals surface area contributed by atoms with Crippen LogP contribution in [0.15, 0.2) is 42.5 Å².